The van der Waals surface area contributed by atoms with E-state index in [-0.39, 0.29) is 5.56 Å². The number of H-pyrrole nitrogens is 1. The standard InChI is InChI=1S/C12H13N5OS/c1-13-4-8-5-17(7-14-8)6-10-15-9-2-3-19-11(9)12(18)16-10/h2-3,5,7,13H,4,6H2,1H3,(H,15,16,18). The van der Waals surface area contributed by atoms with Gasteiger partial charge in [0, 0.05) is 12.7 Å². The average Bonchev–Trinajstić information content (AvgIpc) is 2.99. The van der Waals surface area contributed by atoms with Crippen molar-refractivity contribution in [3.63, 3.8) is 0 Å². The normalized spacial score (nSPS) is 11.2. The van der Waals surface area contributed by atoms with Gasteiger partial charge < -0.3 is 14.9 Å². The van der Waals surface area contributed by atoms with Crippen LogP contribution in [0.3, 0.4) is 0 Å². The zero-order chi connectivity index (χ0) is 13.2. The van der Waals surface area contributed by atoms with Gasteiger partial charge in [-0.1, -0.05) is 0 Å². The zero-order valence-electron chi connectivity index (χ0n) is 10.4. The Morgan fingerprint density at radius 1 is 1.53 bits per heavy atom. The molecule has 0 saturated heterocycles. The van der Waals surface area contributed by atoms with Gasteiger partial charge in [-0.05, 0) is 18.5 Å². The number of hydrogen-bond donors (Lipinski definition) is 2. The predicted molar refractivity (Wildman–Crippen MR) is 74.3 cm³/mol. The molecule has 0 aliphatic heterocycles. The third kappa shape index (κ3) is 2.42. The van der Waals surface area contributed by atoms with E-state index in [2.05, 4.69) is 20.3 Å². The van der Waals surface area contributed by atoms with Crippen LogP contribution in [0.1, 0.15) is 11.5 Å². The van der Waals surface area contributed by atoms with Gasteiger partial charge in [-0.3, -0.25) is 4.79 Å². The number of aromatic nitrogens is 4. The zero-order valence-corrected chi connectivity index (χ0v) is 11.2. The van der Waals surface area contributed by atoms with E-state index in [0.717, 1.165) is 17.8 Å². The van der Waals surface area contributed by atoms with Crippen LogP contribution in [0.15, 0.2) is 28.8 Å². The predicted octanol–water partition coefficient (Wildman–Crippen LogP) is 0.949. The lowest BCUT2D eigenvalue weighted by Gasteiger charge is -2.01. The molecular weight excluding hydrogens is 262 g/mol. The van der Waals surface area contributed by atoms with Crippen molar-refractivity contribution in [2.75, 3.05) is 7.05 Å². The Morgan fingerprint density at radius 3 is 3.26 bits per heavy atom. The highest BCUT2D eigenvalue weighted by Gasteiger charge is 2.06. The minimum absolute atomic E-state index is 0.0782. The maximum Gasteiger partial charge on any atom is 0.268 e. The van der Waals surface area contributed by atoms with Crippen molar-refractivity contribution in [3.8, 4) is 0 Å². The molecule has 0 aromatic carbocycles. The van der Waals surface area contributed by atoms with Crippen LogP contribution in [0.5, 0.6) is 0 Å². The Balaban J connectivity index is 1.89. The summed E-state index contributed by atoms with van der Waals surface area (Å²) in [4.78, 5) is 23.3. The van der Waals surface area contributed by atoms with Crippen LogP contribution in [0.2, 0.25) is 0 Å². The summed E-state index contributed by atoms with van der Waals surface area (Å²) in [7, 11) is 1.88. The van der Waals surface area contributed by atoms with Crippen molar-refractivity contribution in [1.29, 1.82) is 0 Å². The molecule has 0 amide bonds. The van der Waals surface area contributed by atoms with Crippen LogP contribution in [0, 0.1) is 0 Å². The maximum atomic E-state index is 11.8. The molecule has 0 atom stereocenters. The van der Waals surface area contributed by atoms with Crippen molar-refractivity contribution >= 4 is 21.6 Å². The molecule has 98 valence electrons. The van der Waals surface area contributed by atoms with E-state index in [0.29, 0.717) is 17.1 Å². The molecule has 3 rings (SSSR count). The highest BCUT2D eigenvalue weighted by atomic mass is 32.1. The quantitative estimate of drug-likeness (QED) is 0.743. The van der Waals surface area contributed by atoms with Gasteiger partial charge in [-0.2, -0.15) is 0 Å². The van der Waals surface area contributed by atoms with Crippen LogP contribution in [0.25, 0.3) is 10.2 Å². The molecule has 2 N–H and O–H groups in total. The van der Waals surface area contributed by atoms with Gasteiger partial charge in [-0.15, -0.1) is 11.3 Å². The first-order valence-corrected chi connectivity index (χ1v) is 6.76. The van der Waals surface area contributed by atoms with Crippen molar-refractivity contribution in [2.24, 2.45) is 0 Å². The van der Waals surface area contributed by atoms with E-state index in [9.17, 15) is 4.79 Å². The van der Waals surface area contributed by atoms with Gasteiger partial charge in [0.1, 0.15) is 10.5 Å². The van der Waals surface area contributed by atoms with Crippen molar-refractivity contribution in [2.45, 2.75) is 13.1 Å². The number of thiophene rings is 1. The smallest absolute Gasteiger partial charge is 0.268 e. The fraction of sp³-hybridized carbons (Fsp3) is 0.250. The van der Waals surface area contributed by atoms with Gasteiger partial charge in [0.25, 0.3) is 5.56 Å². The van der Waals surface area contributed by atoms with Gasteiger partial charge >= 0.3 is 0 Å². The monoisotopic (exact) mass is 275 g/mol. The van der Waals surface area contributed by atoms with Crippen LogP contribution in [-0.2, 0) is 13.1 Å². The second kappa shape index (κ2) is 4.94. The van der Waals surface area contributed by atoms with Crippen LogP contribution in [0.4, 0.5) is 0 Å². The Hall–Kier alpha value is -1.99. The lowest BCUT2D eigenvalue weighted by atomic mass is 10.4. The lowest BCUT2D eigenvalue weighted by Crippen LogP contribution is -2.12. The van der Waals surface area contributed by atoms with E-state index in [1.54, 1.807) is 6.33 Å². The summed E-state index contributed by atoms with van der Waals surface area (Å²) < 4.78 is 2.58. The number of imidazole rings is 1. The molecule has 0 spiro atoms. The first-order valence-electron chi connectivity index (χ1n) is 5.88. The Bertz CT molecular complexity index is 757. The molecule has 0 unspecified atom stereocenters. The summed E-state index contributed by atoms with van der Waals surface area (Å²) in [5.41, 5.74) is 1.63. The summed E-state index contributed by atoms with van der Waals surface area (Å²) in [5.74, 6) is 0.643. The highest BCUT2D eigenvalue weighted by molar-refractivity contribution is 7.17. The van der Waals surface area contributed by atoms with Crippen LogP contribution >= 0.6 is 11.3 Å². The second-order valence-corrected chi connectivity index (χ2v) is 5.13. The maximum absolute atomic E-state index is 11.8. The lowest BCUT2D eigenvalue weighted by molar-refractivity contribution is 0.741. The topological polar surface area (TPSA) is 75.6 Å². The SMILES string of the molecule is CNCc1cn(Cc2nc3ccsc3c(=O)[nH]2)cn1. The summed E-state index contributed by atoms with van der Waals surface area (Å²) >= 11 is 1.41. The number of hydrogen-bond acceptors (Lipinski definition) is 5. The van der Waals surface area contributed by atoms with E-state index < -0.39 is 0 Å². The van der Waals surface area contributed by atoms with Gasteiger partial charge in [0.15, 0.2) is 0 Å². The minimum Gasteiger partial charge on any atom is -0.330 e. The Labute approximate surface area is 113 Å². The average molecular weight is 275 g/mol. The molecule has 3 aromatic rings. The molecule has 0 aliphatic rings. The molecule has 6 nitrogen and oxygen atoms in total. The van der Waals surface area contributed by atoms with Gasteiger partial charge in [0.05, 0.1) is 24.1 Å². The van der Waals surface area contributed by atoms with Crippen LogP contribution < -0.4 is 10.9 Å². The minimum atomic E-state index is -0.0782. The van der Waals surface area contributed by atoms with Crippen molar-refractivity contribution in [1.82, 2.24) is 24.8 Å². The summed E-state index contributed by atoms with van der Waals surface area (Å²) in [6.45, 7) is 1.23. The molecule has 0 aliphatic carbocycles. The molecule has 3 aromatic heterocycles. The molecule has 0 fully saturated rings. The number of aromatic amines is 1. The first kappa shape index (κ1) is 12.1. The van der Waals surface area contributed by atoms with Gasteiger partial charge in [-0.25, -0.2) is 9.97 Å². The van der Waals surface area contributed by atoms with Crippen molar-refractivity contribution in [3.05, 3.63) is 45.8 Å². The number of rotatable bonds is 4. The molecule has 0 saturated carbocycles. The van der Waals surface area contributed by atoms with Crippen LogP contribution in [-0.4, -0.2) is 26.6 Å². The second-order valence-electron chi connectivity index (χ2n) is 4.22. The summed E-state index contributed by atoms with van der Waals surface area (Å²) in [6.07, 6.45) is 3.68. The third-order valence-electron chi connectivity index (χ3n) is 2.74. The van der Waals surface area contributed by atoms with E-state index in [1.807, 2.05) is 29.3 Å². The van der Waals surface area contributed by atoms with E-state index in [4.69, 9.17) is 0 Å². The van der Waals surface area contributed by atoms with E-state index in [1.165, 1.54) is 11.3 Å². The van der Waals surface area contributed by atoms with E-state index >= 15 is 0 Å². The molecule has 19 heavy (non-hydrogen) atoms. The highest BCUT2D eigenvalue weighted by Crippen LogP contribution is 2.13. The third-order valence-corrected chi connectivity index (χ3v) is 3.64. The molecule has 3 heterocycles. The molecule has 0 bridgehead atoms. The largest absolute Gasteiger partial charge is 0.330 e. The Morgan fingerprint density at radius 2 is 2.42 bits per heavy atom. The van der Waals surface area contributed by atoms with Crippen molar-refractivity contribution < 1.29 is 0 Å². The number of nitrogens with one attached hydrogen (secondary N) is 2. The Kier molecular flexibility index (Phi) is 3.14. The molecule has 7 heteroatoms. The fourth-order valence-electron chi connectivity index (χ4n) is 1.93. The molecule has 0 radical (unpaired) electrons. The first-order chi connectivity index (χ1) is 9.26. The summed E-state index contributed by atoms with van der Waals surface area (Å²) in [6, 6.07) is 1.86. The summed E-state index contributed by atoms with van der Waals surface area (Å²) in [5, 5.41) is 4.92. The number of fused-ring (bicyclic) bond motifs is 1. The molecular formula is C12H13N5OS. The fourth-order valence-corrected chi connectivity index (χ4v) is 2.66. The van der Waals surface area contributed by atoms with Gasteiger partial charge in [0.2, 0.25) is 0 Å². The number of nitrogens with zero attached hydrogens (tertiary/aromatic N) is 3.